The Bertz CT molecular complexity index is 161. The van der Waals surface area contributed by atoms with Crippen molar-refractivity contribution in [3.8, 4) is 0 Å². The predicted molar refractivity (Wildman–Crippen MR) is 49.5 cm³/mol. The maximum Gasteiger partial charge on any atom is 0.200 e. The quantitative estimate of drug-likeness (QED) is 0.535. The van der Waals surface area contributed by atoms with Gasteiger partial charge in [0.15, 0.2) is 0 Å². The molecule has 0 aromatic heterocycles. The second kappa shape index (κ2) is 5.70. The van der Waals surface area contributed by atoms with Crippen molar-refractivity contribution in [2.24, 2.45) is 5.73 Å². The summed E-state index contributed by atoms with van der Waals surface area (Å²) in [5.74, 6) is 0. The van der Waals surface area contributed by atoms with Crippen LogP contribution in [0.1, 0.15) is 19.8 Å². The third kappa shape index (κ3) is 6.80. The summed E-state index contributed by atoms with van der Waals surface area (Å²) < 4.78 is 11.3. The molecule has 0 aromatic carbocycles. The number of aliphatic hydroxyl groups is 1. The molecule has 0 fully saturated rings. The molecular weight excluding hydrogens is 177 g/mol. The molecule has 0 amide bonds. The van der Waals surface area contributed by atoms with E-state index < -0.39 is 13.5 Å². The van der Waals surface area contributed by atoms with Crippen LogP contribution in [0.25, 0.3) is 0 Å². The minimum absolute atomic E-state index is 0.199. The van der Waals surface area contributed by atoms with E-state index in [1.807, 2.05) is 0 Å². The van der Waals surface area contributed by atoms with E-state index in [4.69, 9.17) is 10.8 Å². The van der Waals surface area contributed by atoms with E-state index >= 15 is 0 Å². The molecule has 74 valence electrons. The van der Waals surface area contributed by atoms with E-state index in [9.17, 15) is 9.46 Å². The van der Waals surface area contributed by atoms with Gasteiger partial charge in [0, 0.05) is 12.3 Å². The molecule has 0 bridgehead atoms. The van der Waals surface area contributed by atoms with Crippen LogP contribution in [0.4, 0.5) is 0 Å². The maximum atomic E-state index is 11.3. The van der Waals surface area contributed by atoms with Crippen LogP contribution in [-0.2, 0) is 4.57 Å². The van der Waals surface area contributed by atoms with E-state index in [1.54, 1.807) is 6.92 Å². The lowest BCUT2D eigenvalue weighted by Crippen LogP contribution is -2.07. The molecule has 4 N–H and O–H groups in total. The maximum absolute atomic E-state index is 11.3. The van der Waals surface area contributed by atoms with Crippen LogP contribution in [0.5, 0.6) is 0 Å². The SMILES string of the molecule is CC(O)CCP(=O)(O)CCCN. The Kier molecular flexibility index (Phi) is 5.76. The molecule has 4 nitrogen and oxygen atoms in total. The molecule has 2 unspecified atom stereocenters. The molecule has 5 heteroatoms. The van der Waals surface area contributed by atoms with Gasteiger partial charge in [-0.25, -0.2) is 0 Å². The minimum atomic E-state index is -3.00. The van der Waals surface area contributed by atoms with Gasteiger partial charge in [-0.15, -0.1) is 0 Å². The second-order valence-electron chi connectivity index (χ2n) is 3.07. The molecule has 2 atom stereocenters. The molecule has 0 rings (SSSR count). The van der Waals surface area contributed by atoms with Gasteiger partial charge >= 0.3 is 0 Å². The largest absolute Gasteiger partial charge is 0.393 e. The van der Waals surface area contributed by atoms with Crippen LogP contribution in [0.3, 0.4) is 0 Å². The normalized spacial score (nSPS) is 18.7. The Morgan fingerprint density at radius 2 is 2.08 bits per heavy atom. The summed E-state index contributed by atoms with van der Waals surface area (Å²) in [5.41, 5.74) is 5.21. The molecule has 0 aromatic rings. The van der Waals surface area contributed by atoms with Crippen LogP contribution in [-0.4, -0.2) is 35.0 Å². The lowest BCUT2D eigenvalue weighted by molar-refractivity contribution is 0.190. The molecule has 12 heavy (non-hydrogen) atoms. The van der Waals surface area contributed by atoms with Gasteiger partial charge in [0.05, 0.1) is 6.10 Å². The Morgan fingerprint density at radius 3 is 2.50 bits per heavy atom. The highest BCUT2D eigenvalue weighted by molar-refractivity contribution is 7.57. The first-order chi connectivity index (χ1) is 5.48. The smallest absolute Gasteiger partial charge is 0.200 e. The van der Waals surface area contributed by atoms with Crippen molar-refractivity contribution in [3.05, 3.63) is 0 Å². The van der Waals surface area contributed by atoms with Crippen LogP contribution < -0.4 is 5.73 Å². The summed E-state index contributed by atoms with van der Waals surface area (Å²) >= 11 is 0. The van der Waals surface area contributed by atoms with Crippen LogP contribution in [0.15, 0.2) is 0 Å². The molecule has 0 saturated heterocycles. The van der Waals surface area contributed by atoms with Gasteiger partial charge in [-0.2, -0.15) is 0 Å². The van der Waals surface area contributed by atoms with E-state index in [2.05, 4.69) is 0 Å². The van der Waals surface area contributed by atoms with Crippen LogP contribution in [0.2, 0.25) is 0 Å². The van der Waals surface area contributed by atoms with Gasteiger partial charge in [0.1, 0.15) is 0 Å². The molecular formula is C7H18NO3P. The number of rotatable bonds is 6. The summed E-state index contributed by atoms with van der Waals surface area (Å²) in [6.07, 6.45) is 0.940. The number of hydrogen-bond donors (Lipinski definition) is 3. The van der Waals surface area contributed by atoms with Gasteiger partial charge < -0.3 is 15.7 Å². The van der Waals surface area contributed by atoms with E-state index in [-0.39, 0.29) is 12.3 Å². The molecule has 0 radical (unpaired) electrons. The standard InChI is InChI=1S/C7H18NO3P/c1-7(9)3-6-12(10,11)5-2-4-8/h7,9H,2-6,8H2,1H3,(H,10,11). The second-order valence-corrected chi connectivity index (χ2v) is 5.66. The molecule has 0 aliphatic heterocycles. The molecule has 0 aliphatic rings. The first-order valence-corrected chi connectivity index (χ1v) is 6.20. The Balaban J connectivity index is 3.64. The number of hydrogen-bond acceptors (Lipinski definition) is 3. The topological polar surface area (TPSA) is 83.5 Å². The summed E-state index contributed by atoms with van der Waals surface area (Å²) in [6, 6.07) is 0. The van der Waals surface area contributed by atoms with Crippen molar-refractivity contribution in [2.75, 3.05) is 18.9 Å². The fourth-order valence-electron chi connectivity index (χ4n) is 0.839. The summed E-state index contributed by atoms with van der Waals surface area (Å²) in [6.45, 7) is 2.06. The molecule has 0 saturated carbocycles. The lowest BCUT2D eigenvalue weighted by atomic mass is 10.3. The zero-order valence-corrected chi connectivity index (χ0v) is 8.33. The Morgan fingerprint density at radius 1 is 1.50 bits per heavy atom. The van der Waals surface area contributed by atoms with Gasteiger partial charge in [0.2, 0.25) is 7.37 Å². The fourth-order valence-corrected chi connectivity index (χ4v) is 2.52. The Hall–Kier alpha value is 0.110. The average Bonchev–Trinajstić information content (AvgIpc) is 1.98. The van der Waals surface area contributed by atoms with Crippen molar-refractivity contribution >= 4 is 7.37 Å². The number of aliphatic hydroxyl groups excluding tert-OH is 1. The zero-order chi connectivity index (χ0) is 9.61. The monoisotopic (exact) mass is 195 g/mol. The highest BCUT2D eigenvalue weighted by atomic mass is 31.2. The summed E-state index contributed by atoms with van der Waals surface area (Å²) in [5, 5.41) is 8.88. The van der Waals surface area contributed by atoms with E-state index in [0.29, 0.717) is 19.4 Å². The zero-order valence-electron chi connectivity index (χ0n) is 7.44. The van der Waals surface area contributed by atoms with Crippen molar-refractivity contribution in [3.63, 3.8) is 0 Å². The molecule has 0 spiro atoms. The first-order valence-electron chi connectivity index (χ1n) is 4.17. The van der Waals surface area contributed by atoms with Crippen molar-refractivity contribution in [1.82, 2.24) is 0 Å². The van der Waals surface area contributed by atoms with Gasteiger partial charge in [-0.3, -0.25) is 4.57 Å². The minimum Gasteiger partial charge on any atom is -0.393 e. The van der Waals surface area contributed by atoms with Crippen molar-refractivity contribution in [1.29, 1.82) is 0 Å². The van der Waals surface area contributed by atoms with Crippen LogP contribution in [0, 0.1) is 0 Å². The third-order valence-corrected chi connectivity index (χ3v) is 3.58. The predicted octanol–water partition coefficient (Wildman–Crippen LogP) is 0.376. The highest BCUT2D eigenvalue weighted by Crippen LogP contribution is 2.41. The van der Waals surface area contributed by atoms with Crippen molar-refractivity contribution in [2.45, 2.75) is 25.9 Å². The van der Waals surface area contributed by atoms with Gasteiger partial charge in [-0.1, -0.05) is 0 Å². The first kappa shape index (κ1) is 12.1. The van der Waals surface area contributed by atoms with Crippen LogP contribution >= 0.6 is 7.37 Å². The van der Waals surface area contributed by atoms with E-state index in [0.717, 1.165) is 0 Å². The third-order valence-electron chi connectivity index (χ3n) is 1.61. The highest BCUT2D eigenvalue weighted by Gasteiger charge is 2.17. The fraction of sp³-hybridized carbons (Fsp3) is 1.00. The molecule has 0 heterocycles. The molecule has 0 aliphatic carbocycles. The Labute approximate surface area is 73.2 Å². The summed E-state index contributed by atoms with van der Waals surface area (Å²) in [7, 11) is -3.00. The van der Waals surface area contributed by atoms with Gasteiger partial charge in [-0.05, 0) is 26.3 Å². The number of nitrogens with two attached hydrogens (primary N) is 1. The summed E-state index contributed by atoms with van der Waals surface area (Å²) in [4.78, 5) is 9.28. The van der Waals surface area contributed by atoms with Crippen molar-refractivity contribution < 1.29 is 14.6 Å². The lowest BCUT2D eigenvalue weighted by Gasteiger charge is -2.11. The average molecular weight is 195 g/mol. The van der Waals surface area contributed by atoms with E-state index in [1.165, 1.54) is 0 Å². The van der Waals surface area contributed by atoms with Gasteiger partial charge in [0.25, 0.3) is 0 Å².